The van der Waals surface area contributed by atoms with Crippen LogP contribution in [0.25, 0.3) is 0 Å². The summed E-state index contributed by atoms with van der Waals surface area (Å²) in [5.74, 6) is -2.46. The van der Waals surface area contributed by atoms with Crippen LogP contribution < -0.4 is 0 Å². The second-order valence-corrected chi connectivity index (χ2v) is 6.94. The van der Waals surface area contributed by atoms with Crippen molar-refractivity contribution < 1.29 is 35.9 Å². The molecule has 1 amide bonds. The molecule has 1 aliphatic rings. The van der Waals surface area contributed by atoms with Crippen LogP contribution >= 0.6 is 0 Å². The molecule has 1 fully saturated rings. The largest absolute Gasteiger partial charge is 0.434 e. The number of carbonyl (C=O) groups excluding carboxylic acids is 1. The Hall–Kier alpha value is -0.930. The molecule has 0 aliphatic carbocycles. The van der Waals surface area contributed by atoms with E-state index in [1.807, 2.05) is 0 Å². The van der Waals surface area contributed by atoms with Crippen molar-refractivity contribution in [1.82, 2.24) is 9.80 Å². The van der Waals surface area contributed by atoms with Crippen molar-refractivity contribution in [3.05, 3.63) is 0 Å². The molecule has 26 heavy (non-hydrogen) atoms. The van der Waals surface area contributed by atoms with E-state index in [4.69, 9.17) is 31.4 Å². The fourth-order valence-corrected chi connectivity index (χ4v) is 2.65. The Kier molecular flexibility index (Phi) is 6.14. The minimum absolute atomic E-state index is 0.259. The Labute approximate surface area is 152 Å². The van der Waals surface area contributed by atoms with Crippen LogP contribution in [0.15, 0.2) is 0 Å². The fraction of sp³-hybridized carbons (Fsp3) is 0.917. The van der Waals surface area contributed by atoms with Crippen molar-refractivity contribution in [3.63, 3.8) is 0 Å². The van der Waals surface area contributed by atoms with Gasteiger partial charge in [-0.05, 0) is 38.0 Å². The van der Waals surface area contributed by atoms with Gasteiger partial charge >= 0.3 is 18.4 Å². The average Bonchev–Trinajstić information content (AvgIpc) is 2.36. The van der Waals surface area contributed by atoms with Crippen LogP contribution in [0, 0.1) is 0 Å². The molecule has 8 radical (unpaired) electrons. The maximum Gasteiger partial charge on any atom is 0.434 e. The maximum atomic E-state index is 12.6. The Morgan fingerprint density at radius 2 is 1.50 bits per heavy atom. The van der Waals surface area contributed by atoms with E-state index in [1.54, 1.807) is 20.8 Å². The lowest BCUT2D eigenvalue weighted by atomic mass is 9.49. The normalized spacial score (nSPS) is 25.4. The maximum absolute atomic E-state index is 12.6. The number of amides is 1. The minimum atomic E-state index is -5.88. The molecule has 4 nitrogen and oxygen atoms in total. The van der Waals surface area contributed by atoms with E-state index in [0.29, 0.717) is 0 Å². The minimum Gasteiger partial charge on any atom is -0.426 e. The zero-order valence-corrected chi connectivity index (χ0v) is 14.2. The number of nitrogens with zero attached hydrogens (tertiary/aromatic N) is 2. The lowest BCUT2D eigenvalue weighted by molar-refractivity contribution is -0.308. The molecular formula is C12H14B4F6N2O2. The van der Waals surface area contributed by atoms with Gasteiger partial charge in [0.05, 0.1) is 31.4 Å². The van der Waals surface area contributed by atoms with Gasteiger partial charge in [-0.1, -0.05) is 0 Å². The summed E-state index contributed by atoms with van der Waals surface area (Å²) in [5, 5.41) is -2.33. The van der Waals surface area contributed by atoms with Crippen LogP contribution in [-0.2, 0) is 4.74 Å². The lowest BCUT2D eigenvalue weighted by Gasteiger charge is -2.60. The van der Waals surface area contributed by atoms with Crippen LogP contribution in [0.5, 0.6) is 0 Å². The van der Waals surface area contributed by atoms with Gasteiger partial charge in [0, 0.05) is 12.1 Å². The SMILES string of the molecule is [B]C1CN(C(=O)OC(C(F)(F)F)C(F)(F)F)C([B])([B])C([B])N1C(C)(C)C. The number of piperazine rings is 1. The van der Waals surface area contributed by atoms with Crippen molar-refractivity contribution in [2.24, 2.45) is 0 Å². The van der Waals surface area contributed by atoms with E-state index in [0.717, 1.165) is 0 Å². The Bertz CT molecular complexity index is 523. The quantitative estimate of drug-likeness (QED) is 0.507. The molecule has 2 atom stereocenters. The van der Waals surface area contributed by atoms with E-state index in [1.165, 1.54) is 4.90 Å². The van der Waals surface area contributed by atoms with Gasteiger partial charge in [0.2, 0.25) is 0 Å². The van der Waals surface area contributed by atoms with Gasteiger partial charge in [-0.25, -0.2) is 4.79 Å². The summed E-state index contributed by atoms with van der Waals surface area (Å²) in [6.45, 7) is 4.44. The highest BCUT2D eigenvalue weighted by molar-refractivity contribution is 6.45. The third kappa shape index (κ3) is 4.67. The van der Waals surface area contributed by atoms with Crippen LogP contribution in [0.3, 0.4) is 0 Å². The van der Waals surface area contributed by atoms with E-state index in [2.05, 4.69) is 4.74 Å². The first-order valence-electron chi connectivity index (χ1n) is 7.30. The highest BCUT2D eigenvalue weighted by Crippen LogP contribution is 2.37. The first-order valence-corrected chi connectivity index (χ1v) is 7.30. The highest BCUT2D eigenvalue weighted by Gasteiger charge is 2.61. The monoisotopic (exact) mass is 376 g/mol. The molecule has 0 aromatic heterocycles. The van der Waals surface area contributed by atoms with Gasteiger partial charge in [-0.2, -0.15) is 26.3 Å². The molecule has 1 heterocycles. The van der Waals surface area contributed by atoms with Gasteiger partial charge in [0.1, 0.15) is 0 Å². The number of carbonyl (C=O) groups is 1. The molecule has 0 saturated carbocycles. The predicted octanol–water partition coefficient (Wildman–Crippen LogP) is 1.01. The highest BCUT2D eigenvalue weighted by atomic mass is 19.4. The molecule has 2 unspecified atom stereocenters. The van der Waals surface area contributed by atoms with E-state index >= 15 is 0 Å². The van der Waals surface area contributed by atoms with Crippen LogP contribution in [0.4, 0.5) is 31.1 Å². The third-order valence-corrected chi connectivity index (χ3v) is 3.78. The van der Waals surface area contributed by atoms with Crippen LogP contribution in [0.1, 0.15) is 20.8 Å². The Morgan fingerprint density at radius 1 is 1.08 bits per heavy atom. The third-order valence-electron chi connectivity index (χ3n) is 3.78. The summed E-state index contributed by atoms with van der Waals surface area (Å²) in [6.07, 6.45) is -18.1. The molecule has 1 rings (SSSR count). The first kappa shape index (κ1) is 23.1. The summed E-state index contributed by atoms with van der Waals surface area (Å²) in [5.41, 5.74) is -0.709. The summed E-state index contributed by atoms with van der Waals surface area (Å²) >= 11 is 0. The fourth-order valence-electron chi connectivity index (χ4n) is 2.65. The molecule has 138 valence electrons. The van der Waals surface area contributed by atoms with Gasteiger partial charge < -0.3 is 14.5 Å². The molecule has 0 aromatic rings. The van der Waals surface area contributed by atoms with Crippen molar-refractivity contribution in [2.75, 3.05) is 6.54 Å². The average molecular weight is 375 g/mol. The number of ether oxygens (including phenoxy) is 1. The smallest absolute Gasteiger partial charge is 0.426 e. The van der Waals surface area contributed by atoms with Crippen molar-refractivity contribution in [1.29, 1.82) is 0 Å². The summed E-state index contributed by atoms with van der Waals surface area (Å²) in [4.78, 5) is 13.6. The molecular weight excluding hydrogens is 361 g/mol. The first-order chi connectivity index (χ1) is 11.3. The molecule has 1 aliphatic heterocycles. The van der Waals surface area contributed by atoms with Gasteiger partial charge in [-0.15, -0.1) is 0 Å². The Balaban J connectivity index is 3.14. The van der Waals surface area contributed by atoms with E-state index in [-0.39, 0.29) is 4.90 Å². The van der Waals surface area contributed by atoms with Crippen molar-refractivity contribution >= 4 is 37.5 Å². The van der Waals surface area contributed by atoms with E-state index in [9.17, 15) is 31.1 Å². The van der Waals surface area contributed by atoms with Gasteiger partial charge in [0.25, 0.3) is 6.10 Å². The number of hydrogen-bond acceptors (Lipinski definition) is 3. The molecule has 0 aromatic carbocycles. The number of alkyl halides is 6. The topological polar surface area (TPSA) is 32.8 Å². The summed E-state index contributed by atoms with van der Waals surface area (Å²) in [6, 6.07) is 0. The second-order valence-electron chi connectivity index (χ2n) is 6.94. The van der Waals surface area contributed by atoms with Crippen molar-refractivity contribution in [2.45, 2.75) is 62.0 Å². The molecule has 1 saturated heterocycles. The predicted molar refractivity (Wildman–Crippen MR) is 84.0 cm³/mol. The number of rotatable bonds is 1. The van der Waals surface area contributed by atoms with Crippen LogP contribution in [-0.4, -0.2) is 95.0 Å². The van der Waals surface area contributed by atoms with Crippen LogP contribution in [0.2, 0.25) is 0 Å². The lowest BCUT2D eigenvalue weighted by Crippen LogP contribution is -2.76. The number of halogens is 6. The second kappa shape index (κ2) is 6.91. The van der Waals surface area contributed by atoms with Gasteiger partial charge in [-0.3, -0.25) is 0 Å². The standard InChI is InChI=1S/C12H14B4F6N2O2/c1-9(2,3)24-5(13)4-23(10(15,16)7(24)14)8(25)26-6(11(17,18)19)12(20,21)22/h5-7H,4H2,1-3H3. The van der Waals surface area contributed by atoms with Crippen molar-refractivity contribution in [3.8, 4) is 0 Å². The molecule has 0 N–H and O–H groups in total. The van der Waals surface area contributed by atoms with E-state index < -0.39 is 53.9 Å². The number of hydrogen-bond donors (Lipinski definition) is 0. The van der Waals surface area contributed by atoms with Gasteiger partial charge in [0.15, 0.2) is 0 Å². The zero-order chi connectivity index (χ0) is 20.9. The molecule has 0 spiro atoms. The molecule has 0 bridgehead atoms. The zero-order valence-electron chi connectivity index (χ0n) is 14.2. The summed E-state index contributed by atoms with van der Waals surface area (Å²) < 4.78 is 79.1. The molecule has 14 heteroatoms. The summed E-state index contributed by atoms with van der Waals surface area (Å²) in [7, 11) is 23.2. The Morgan fingerprint density at radius 3 is 1.85 bits per heavy atom.